The summed E-state index contributed by atoms with van der Waals surface area (Å²) in [6.45, 7) is 6.98. The lowest BCUT2D eigenvalue weighted by Crippen LogP contribution is -2.41. The first-order chi connectivity index (χ1) is 11.9. The number of esters is 1. The highest BCUT2D eigenvalue weighted by Crippen LogP contribution is 2.50. The average molecular weight is 369 g/mol. The van der Waals surface area contributed by atoms with Crippen LogP contribution < -0.4 is 0 Å². The summed E-state index contributed by atoms with van der Waals surface area (Å²) in [4.78, 5) is 24.4. The molecule has 2 fully saturated rings. The van der Waals surface area contributed by atoms with Gasteiger partial charge in [0, 0.05) is 12.8 Å². The quantitative estimate of drug-likeness (QED) is 0.389. The molecule has 2 bridgehead atoms. The number of ketones is 1. The molecule has 0 saturated heterocycles. The lowest BCUT2D eigenvalue weighted by molar-refractivity contribution is -0.161. The summed E-state index contributed by atoms with van der Waals surface area (Å²) in [5.74, 6) is 4.67. The van der Waals surface area contributed by atoms with E-state index in [1.54, 1.807) is 0 Å². The van der Waals surface area contributed by atoms with E-state index in [9.17, 15) is 9.59 Å². The lowest BCUT2D eigenvalue weighted by atomic mass is 9.59. The van der Waals surface area contributed by atoms with E-state index in [1.807, 2.05) is 11.8 Å². The molecule has 2 unspecified atom stereocenters. The van der Waals surface area contributed by atoms with Crippen molar-refractivity contribution >= 4 is 23.5 Å². The van der Waals surface area contributed by atoms with Crippen LogP contribution in [0.5, 0.6) is 0 Å². The van der Waals surface area contributed by atoms with Crippen molar-refractivity contribution in [3.63, 3.8) is 0 Å². The van der Waals surface area contributed by atoms with Crippen LogP contribution in [0.15, 0.2) is 0 Å². The van der Waals surface area contributed by atoms with Crippen LogP contribution >= 0.6 is 11.8 Å². The highest BCUT2D eigenvalue weighted by molar-refractivity contribution is 7.99. The Morgan fingerprint density at radius 3 is 2.36 bits per heavy atom. The van der Waals surface area contributed by atoms with Gasteiger partial charge in [-0.1, -0.05) is 13.8 Å². The van der Waals surface area contributed by atoms with Gasteiger partial charge in [-0.25, -0.2) is 0 Å². The number of thioether (sulfide) groups is 1. The first-order valence-corrected chi connectivity index (χ1v) is 11.3. The van der Waals surface area contributed by atoms with E-state index in [1.165, 1.54) is 19.3 Å². The van der Waals surface area contributed by atoms with Crippen LogP contribution in [0.2, 0.25) is 0 Å². The van der Waals surface area contributed by atoms with Gasteiger partial charge in [-0.15, -0.1) is 0 Å². The molecule has 2 aliphatic rings. The highest BCUT2D eigenvalue weighted by atomic mass is 32.2. The third-order valence-electron chi connectivity index (χ3n) is 5.89. The Bertz CT molecular complexity index is 430. The summed E-state index contributed by atoms with van der Waals surface area (Å²) in [6.07, 6.45) is 8.67. The van der Waals surface area contributed by atoms with Gasteiger partial charge in [-0.2, -0.15) is 11.8 Å². The molecule has 25 heavy (non-hydrogen) atoms. The largest absolute Gasteiger partial charge is 0.465 e. The lowest BCUT2D eigenvalue weighted by Gasteiger charge is -2.45. The van der Waals surface area contributed by atoms with E-state index in [4.69, 9.17) is 4.74 Å². The van der Waals surface area contributed by atoms with Gasteiger partial charge in [0.1, 0.15) is 5.78 Å². The smallest absolute Gasteiger partial charge is 0.311 e. The molecule has 0 aromatic heterocycles. The van der Waals surface area contributed by atoms with E-state index in [0.29, 0.717) is 43.5 Å². The summed E-state index contributed by atoms with van der Waals surface area (Å²) < 4.78 is 5.57. The molecular formula is C21H36O3S. The number of rotatable bonds is 10. The van der Waals surface area contributed by atoms with Crippen LogP contribution in [-0.2, 0) is 14.3 Å². The van der Waals surface area contributed by atoms with Crippen molar-refractivity contribution in [3.8, 4) is 0 Å². The molecule has 2 saturated carbocycles. The predicted molar refractivity (Wildman–Crippen MR) is 105 cm³/mol. The van der Waals surface area contributed by atoms with Gasteiger partial charge >= 0.3 is 5.97 Å². The van der Waals surface area contributed by atoms with Crippen molar-refractivity contribution in [2.45, 2.75) is 78.6 Å². The Hall–Kier alpha value is -0.510. The maximum absolute atomic E-state index is 12.6. The first kappa shape index (κ1) is 20.8. The van der Waals surface area contributed by atoms with Crippen LogP contribution in [0.3, 0.4) is 0 Å². The Morgan fingerprint density at radius 2 is 1.72 bits per heavy atom. The van der Waals surface area contributed by atoms with E-state index < -0.39 is 0 Å². The number of hydrogen-bond acceptors (Lipinski definition) is 4. The summed E-state index contributed by atoms with van der Waals surface area (Å²) in [7, 11) is 0. The van der Waals surface area contributed by atoms with E-state index >= 15 is 0 Å². The van der Waals surface area contributed by atoms with E-state index in [2.05, 4.69) is 20.8 Å². The zero-order valence-electron chi connectivity index (χ0n) is 16.4. The summed E-state index contributed by atoms with van der Waals surface area (Å²) >= 11 is 1.88. The molecule has 0 spiro atoms. The van der Waals surface area contributed by atoms with Gasteiger partial charge in [0.15, 0.2) is 0 Å². The number of fused-ring (bicyclic) bond motifs is 2. The molecule has 0 amide bonds. The maximum Gasteiger partial charge on any atom is 0.311 e. The molecule has 0 heterocycles. The summed E-state index contributed by atoms with van der Waals surface area (Å²) in [6, 6.07) is 0. The van der Waals surface area contributed by atoms with Gasteiger partial charge in [0.2, 0.25) is 0 Å². The normalized spacial score (nSPS) is 31.6. The van der Waals surface area contributed by atoms with Gasteiger partial charge in [0.05, 0.1) is 12.0 Å². The Labute approximate surface area is 158 Å². The topological polar surface area (TPSA) is 43.4 Å². The summed E-state index contributed by atoms with van der Waals surface area (Å²) in [5, 5.41) is 0. The molecule has 0 radical (unpaired) electrons. The predicted octanol–water partition coefficient (Wildman–Crippen LogP) is 5.26. The fourth-order valence-electron chi connectivity index (χ4n) is 5.00. The van der Waals surface area contributed by atoms with Crippen molar-refractivity contribution in [1.29, 1.82) is 0 Å². The number of Topliss-reactive ketones (excluding diaryl/α,β-unsaturated/α-hetero) is 1. The maximum atomic E-state index is 12.6. The Balaban J connectivity index is 1.64. The molecule has 2 aliphatic carbocycles. The van der Waals surface area contributed by atoms with Crippen molar-refractivity contribution < 1.29 is 14.3 Å². The molecule has 2 atom stereocenters. The summed E-state index contributed by atoms with van der Waals surface area (Å²) in [5.41, 5.74) is -0.297. The van der Waals surface area contributed by atoms with E-state index in [0.717, 1.165) is 36.7 Å². The molecule has 0 N–H and O–H groups in total. The number of hydrogen-bond donors (Lipinski definition) is 0. The average Bonchev–Trinajstić information content (AvgIpc) is 2.54. The molecule has 144 valence electrons. The third-order valence-corrected chi connectivity index (χ3v) is 6.88. The van der Waals surface area contributed by atoms with Crippen LogP contribution in [0, 0.1) is 23.2 Å². The number of carbonyl (C=O) groups excluding carboxylic acids is 2. The third kappa shape index (κ3) is 6.62. The standard InChI is InChI=1S/C21H36O3S/c1-4-25-10-6-8-19(22)7-5-9-24-20(23)21(3)14-17-11-16(2)12-18(13-17)15-21/h16-18H,4-15H2,1-3H3. The van der Waals surface area contributed by atoms with Crippen LogP contribution in [0.1, 0.15) is 78.6 Å². The number of carbonyl (C=O) groups is 2. The van der Waals surface area contributed by atoms with Crippen molar-refractivity contribution in [2.75, 3.05) is 18.1 Å². The fraction of sp³-hybridized carbons (Fsp3) is 0.905. The zero-order valence-corrected chi connectivity index (χ0v) is 17.2. The molecule has 2 rings (SSSR count). The molecule has 3 nitrogen and oxygen atoms in total. The van der Waals surface area contributed by atoms with Crippen molar-refractivity contribution in [1.82, 2.24) is 0 Å². The zero-order chi connectivity index (χ0) is 18.3. The molecular weight excluding hydrogens is 332 g/mol. The SMILES string of the molecule is CCSCCCC(=O)CCCOC(=O)C1(C)CC2CC(C)CC(C2)C1. The minimum Gasteiger partial charge on any atom is -0.465 e. The Morgan fingerprint density at radius 1 is 1.08 bits per heavy atom. The second-order valence-electron chi connectivity index (χ2n) is 8.59. The highest BCUT2D eigenvalue weighted by Gasteiger charge is 2.46. The van der Waals surface area contributed by atoms with Crippen LogP contribution in [-0.4, -0.2) is 29.9 Å². The van der Waals surface area contributed by atoms with Crippen LogP contribution in [0.25, 0.3) is 0 Å². The molecule has 0 aromatic rings. The van der Waals surface area contributed by atoms with Gasteiger partial charge < -0.3 is 4.74 Å². The van der Waals surface area contributed by atoms with Crippen LogP contribution in [0.4, 0.5) is 0 Å². The minimum absolute atomic E-state index is 0.0245. The fourth-order valence-corrected chi connectivity index (χ4v) is 5.64. The number of ether oxygens (including phenoxy) is 1. The Kier molecular flexibility index (Phi) is 8.31. The molecule has 0 aliphatic heterocycles. The minimum atomic E-state index is -0.297. The monoisotopic (exact) mass is 368 g/mol. The van der Waals surface area contributed by atoms with Gasteiger partial charge in [-0.05, 0) is 81.1 Å². The first-order valence-electron chi connectivity index (χ1n) is 10.2. The van der Waals surface area contributed by atoms with Crippen molar-refractivity contribution in [3.05, 3.63) is 0 Å². The van der Waals surface area contributed by atoms with Gasteiger partial charge in [0.25, 0.3) is 0 Å². The molecule has 0 aromatic carbocycles. The second-order valence-corrected chi connectivity index (χ2v) is 9.99. The van der Waals surface area contributed by atoms with Crippen molar-refractivity contribution in [2.24, 2.45) is 23.2 Å². The van der Waals surface area contributed by atoms with Gasteiger partial charge in [-0.3, -0.25) is 9.59 Å². The molecule has 4 heteroatoms. The second kappa shape index (κ2) is 9.99. The van der Waals surface area contributed by atoms with E-state index in [-0.39, 0.29) is 11.4 Å².